The molecule has 0 saturated carbocycles. The van der Waals surface area contributed by atoms with E-state index in [1.165, 1.54) is 25.1 Å². The number of imidazole rings is 1. The van der Waals surface area contributed by atoms with Gasteiger partial charge in [0, 0.05) is 49.9 Å². The highest BCUT2D eigenvalue weighted by Crippen LogP contribution is 2.30. The van der Waals surface area contributed by atoms with Gasteiger partial charge < -0.3 is 9.64 Å². The van der Waals surface area contributed by atoms with Gasteiger partial charge in [-0.25, -0.2) is 9.37 Å². The van der Waals surface area contributed by atoms with Gasteiger partial charge in [-0.15, -0.1) is 0 Å². The first-order valence-corrected chi connectivity index (χ1v) is 12.9. The van der Waals surface area contributed by atoms with Crippen LogP contribution in [0.1, 0.15) is 36.0 Å². The minimum atomic E-state index is -0.330. The number of hydrogen-bond acceptors (Lipinski definition) is 5. The van der Waals surface area contributed by atoms with Gasteiger partial charge in [0.2, 0.25) is 0 Å². The molecule has 36 heavy (non-hydrogen) atoms. The lowest BCUT2D eigenvalue weighted by Gasteiger charge is -2.26. The van der Waals surface area contributed by atoms with Crippen LogP contribution < -0.4 is 0 Å². The third kappa shape index (κ3) is 4.49. The van der Waals surface area contributed by atoms with Gasteiger partial charge in [-0.3, -0.25) is 18.8 Å². The van der Waals surface area contributed by atoms with Crippen molar-refractivity contribution >= 4 is 22.5 Å². The first-order valence-electron chi connectivity index (χ1n) is 12.9. The molecule has 2 saturated heterocycles. The van der Waals surface area contributed by atoms with Crippen LogP contribution in [0.5, 0.6) is 0 Å². The van der Waals surface area contributed by atoms with Crippen LogP contribution in [-0.4, -0.2) is 80.8 Å². The van der Waals surface area contributed by atoms with E-state index >= 15 is 0 Å². The largest absolute Gasteiger partial charge is 0.379 e. The number of ether oxygens (including phenoxy) is 1. The number of amides is 1. The number of carbonyl (C=O) groups excluding carboxylic acids is 1. The highest BCUT2D eigenvalue weighted by molar-refractivity contribution is 6.01. The molecule has 0 bridgehead atoms. The average Bonchev–Trinajstić information content (AvgIpc) is 3.36. The van der Waals surface area contributed by atoms with Crippen LogP contribution in [0.25, 0.3) is 27.9 Å². The zero-order chi connectivity index (χ0) is 24.5. The topological polar surface area (TPSA) is 67.9 Å². The molecular formula is C27H31FN6O2. The Morgan fingerprint density at radius 3 is 2.58 bits per heavy atom. The van der Waals surface area contributed by atoms with Gasteiger partial charge in [-0.2, -0.15) is 5.10 Å². The van der Waals surface area contributed by atoms with Crippen molar-refractivity contribution in [2.75, 3.05) is 45.9 Å². The monoisotopic (exact) mass is 490 g/mol. The van der Waals surface area contributed by atoms with Crippen molar-refractivity contribution in [3.63, 3.8) is 0 Å². The van der Waals surface area contributed by atoms with Crippen LogP contribution in [-0.2, 0) is 11.3 Å². The second kappa shape index (κ2) is 9.99. The summed E-state index contributed by atoms with van der Waals surface area (Å²) in [5.41, 5.74) is 3.72. The number of aromatic nitrogens is 4. The zero-order valence-electron chi connectivity index (χ0n) is 20.4. The van der Waals surface area contributed by atoms with E-state index in [-0.39, 0.29) is 11.7 Å². The van der Waals surface area contributed by atoms with Gasteiger partial charge in [0.05, 0.1) is 37.2 Å². The maximum absolute atomic E-state index is 14.1. The highest BCUT2D eigenvalue weighted by atomic mass is 19.1. The third-order valence-corrected chi connectivity index (χ3v) is 7.34. The molecule has 2 aliphatic heterocycles. The molecule has 0 N–H and O–H groups in total. The SMILES string of the molecule is O=C(c1ccc2c(-c3cnc4ccc(F)cn34)nn(CCN3CCOCC3)c2c1)N1CCCCCC1. The normalized spacial score (nSPS) is 17.6. The predicted molar refractivity (Wildman–Crippen MR) is 136 cm³/mol. The zero-order valence-corrected chi connectivity index (χ0v) is 20.4. The van der Waals surface area contributed by atoms with Gasteiger partial charge in [0.15, 0.2) is 0 Å². The molecule has 188 valence electrons. The summed E-state index contributed by atoms with van der Waals surface area (Å²) in [6.45, 7) is 6.43. The lowest BCUT2D eigenvalue weighted by Crippen LogP contribution is -2.38. The number of nitrogens with zero attached hydrogens (tertiary/aromatic N) is 6. The summed E-state index contributed by atoms with van der Waals surface area (Å²) in [4.78, 5) is 22.2. The minimum absolute atomic E-state index is 0.0816. The van der Waals surface area contributed by atoms with Crippen molar-refractivity contribution in [2.24, 2.45) is 0 Å². The van der Waals surface area contributed by atoms with Crippen LogP contribution in [0.3, 0.4) is 0 Å². The second-order valence-corrected chi connectivity index (χ2v) is 9.68. The van der Waals surface area contributed by atoms with Crippen molar-refractivity contribution < 1.29 is 13.9 Å². The van der Waals surface area contributed by atoms with Crippen molar-refractivity contribution in [1.82, 2.24) is 29.0 Å². The molecule has 0 spiro atoms. The molecule has 0 unspecified atom stereocenters. The Morgan fingerprint density at radius 1 is 0.972 bits per heavy atom. The predicted octanol–water partition coefficient (Wildman–Crippen LogP) is 3.84. The molecule has 5 heterocycles. The van der Waals surface area contributed by atoms with Crippen LogP contribution in [0, 0.1) is 5.82 Å². The number of morpholine rings is 1. The molecule has 2 aliphatic rings. The molecule has 3 aromatic heterocycles. The van der Waals surface area contributed by atoms with E-state index in [2.05, 4.69) is 9.88 Å². The third-order valence-electron chi connectivity index (χ3n) is 7.34. The molecule has 4 aromatic rings. The number of benzene rings is 1. The Balaban J connectivity index is 1.40. The quantitative estimate of drug-likeness (QED) is 0.425. The van der Waals surface area contributed by atoms with E-state index in [4.69, 9.17) is 9.84 Å². The molecule has 8 nitrogen and oxygen atoms in total. The summed E-state index contributed by atoms with van der Waals surface area (Å²) < 4.78 is 23.3. The van der Waals surface area contributed by atoms with E-state index in [0.717, 1.165) is 81.1 Å². The standard InChI is InChI=1S/C27H31FN6O2/c28-21-6-8-25-29-18-24(33(25)19-21)26-22-7-5-20(27(35)32-9-3-1-2-4-10-32)17-23(22)34(30-26)12-11-31-13-15-36-16-14-31/h5-8,17-19H,1-4,9-16H2. The summed E-state index contributed by atoms with van der Waals surface area (Å²) in [5, 5.41) is 5.90. The van der Waals surface area contributed by atoms with Gasteiger partial charge in [0.25, 0.3) is 5.91 Å². The smallest absolute Gasteiger partial charge is 0.253 e. The number of carbonyl (C=O) groups is 1. The summed E-state index contributed by atoms with van der Waals surface area (Å²) in [7, 11) is 0. The van der Waals surface area contributed by atoms with E-state index < -0.39 is 0 Å². The van der Waals surface area contributed by atoms with Gasteiger partial charge >= 0.3 is 0 Å². The number of halogens is 1. The highest BCUT2D eigenvalue weighted by Gasteiger charge is 2.22. The fraction of sp³-hybridized carbons (Fsp3) is 0.444. The van der Waals surface area contributed by atoms with Crippen molar-refractivity contribution in [2.45, 2.75) is 32.2 Å². The summed E-state index contributed by atoms with van der Waals surface area (Å²) >= 11 is 0. The first kappa shape index (κ1) is 23.1. The Labute approximate surface area is 209 Å². The molecule has 1 aromatic carbocycles. The Kier molecular flexibility index (Phi) is 6.41. The molecular weight excluding hydrogens is 459 g/mol. The number of fused-ring (bicyclic) bond motifs is 2. The van der Waals surface area contributed by atoms with Crippen molar-refractivity contribution in [1.29, 1.82) is 0 Å². The van der Waals surface area contributed by atoms with Crippen LogP contribution in [0.15, 0.2) is 42.7 Å². The number of rotatable bonds is 5. The fourth-order valence-corrected chi connectivity index (χ4v) is 5.31. The maximum Gasteiger partial charge on any atom is 0.253 e. The Hall–Kier alpha value is -3.30. The van der Waals surface area contributed by atoms with Gasteiger partial charge in [0.1, 0.15) is 17.2 Å². The number of hydrogen-bond donors (Lipinski definition) is 0. The Morgan fingerprint density at radius 2 is 1.78 bits per heavy atom. The first-order chi connectivity index (χ1) is 17.7. The molecule has 6 rings (SSSR count). The molecule has 1 amide bonds. The van der Waals surface area contributed by atoms with Gasteiger partial charge in [-0.05, 0) is 43.2 Å². The molecule has 2 fully saturated rings. The molecule has 0 aliphatic carbocycles. The molecule has 0 atom stereocenters. The van der Waals surface area contributed by atoms with Crippen molar-refractivity contribution in [3.8, 4) is 11.4 Å². The summed E-state index contributed by atoms with van der Waals surface area (Å²) in [6.07, 6.45) is 7.65. The van der Waals surface area contributed by atoms with Crippen LogP contribution >= 0.6 is 0 Å². The van der Waals surface area contributed by atoms with Crippen molar-refractivity contribution in [3.05, 3.63) is 54.1 Å². The van der Waals surface area contributed by atoms with Crippen LogP contribution in [0.4, 0.5) is 4.39 Å². The lowest BCUT2D eigenvalue weighted by molar-refractivity contribution is 0.0361. The Bertz CT molecular complexity index is 1380. The molecule has 0 radical (unpaired) electrons. The second-order valence-electron chi connectivity index (χ2n) is 9.68. The lowest BCUT2D eigenvalue weighted by atomic mass is 10.1. The van der Waals surface area contributed by atoms with Gasteiger partial charge in [-0.1, -0.05) is 12.8 Å². The maximum atomic E-state index is 14.1. The summed E-state index contributed by atoms with van der Waals surface area (Å²) in [5.74, 6) is -0.249. The van der Waals surface area contributed by atoms with E-state index in [0.29, 0.717) is 17.8 Å². The molecule has 9 heteroatoms. The summed E-state index contributed by atoms with van der Waals surface area (Å²) in [6, 6.07) is 8.92. The van der Waals surface area contributed by atoms with E-state index in [1.807, 2.05) is 27.8 Å². The number of pyridine rings is 1. The average molecular weight is 491 g/mol. The van der Waals surface area contributed by atoms with E-state index in [1.54, 1.807) is 16.7 Å². The van der Waals surface area contributed by atoms with E-state index in [9.17, 15) is 9.18 Å². The minimum Gasteiger partial charge on any atom is -0.379 e. The number of likely N-dealkylation sites (tertiary alicyclic amines) is 1. The van der Waals surface area contributed by atoms with Crippen LogP contribution in [0.2, 0.25) is 0 Å². The fourth-order valence-electron chi connectivity index (χ4n) is 5.31.